The van der Waals surface area contributed by atoms with Gasteiger partial charge in [-0.15, -0.1) is 0 Å². The second kappa shape index (κ2) is 9.73. The van der Waals surface area contributed by atoms with Gasteiger partial charge in [0.25, 0.3) is 0 Å². The molecule has 1 aliphatic rings. The van der Waals surface area contributed by atoms with Gasteiger partial charge in [0.1, 0.15) is 5.82 Å². The average molecular weight is 402 g/mol. The highest BCUT2D eigenvalue weighted by Crippen LogP contribution is 2.25. The summed E-state index contributed by atoms with van der Waals surface area (Å²) in [6, 6.07) is 9.71. The van der Waals surface area contributed by atoms with Crippen LogP contribution in [-0.4, -0.2) is 42.6 Å². The van der Waals surface area contributed by atoms with Crippen LogP contribution < -0.4 is 15.5 Å². The van der Waals surface area contributed by atoms with Crippen LogP contribution in [0.15, 0.2) is 36.5 Å². The van der Waals surface area contributed by atoms with Crippen LogP contribution in [0.5, 0.6) is 0 Å². The first-order valence-electron chi connectivity index (χ1n) is 9.77. The van der Waals surface area contributed by atoms with Crippen LogP contribution in [0.2, 0.25) is 5.02 Å². The molecule has 6 nitrogen and oxygen atoms in total. The van der Waals surface area contributed by atoms with E-state index in [1.165, 1.54) is 0 Å². The molecule has 1 aromatic heterocycles. The molecule has 1 fully saturated rings. The van der Waals surface area contributed by atoms with Crippen molar-refractivity contribution in [2.24, 2.45) is 5.92 Å². The van der Waals surface area contributed by atoms with Gasteiger partial charge in [-0.3, -0.25) is 4.79 Å². The zero-order chi connectivity index (χ0) is 19.9. The van der Waals surface area contributed by atoms with Crippen LogP contribution in [-0.2, 0) is 11.2 Å². The van der Waals surface area contributed by atoms with Crippen molar-refractivity contribution in [2.75, 3.05) is 30.9 Å². The van der Waals surface area contributed by atoms with Gasteiger partial charge in [0.2, 0.25) is 11.9 Å². The molecule has 0 spiro atoms. The van der Waals surface area contributed by atoms with Crippen LogP contribution in [0.25, 0.3) is 0 Å². The number of nitrogens with zero attached hydrogens (tertiary/aromatic N) is 3. The smallest absolute Gasteiger partial charge is 0.224 e. The van der Waals surface area contributed by atoms with E-state index in [4.69, 9.17) is 11.6 Å². The van der Waals surface area contributed by atoms with E-state index in [0.29, 0.717) is 29.4 Å². The lowest BCUT2D eigenvalue weighted by molar-refractivity contribution is -0.120. The number of carbonyl (C=O) groups excluding carboxylic acids is 1. The van der Waals surface area contributed by atoms with Gasteiger partial charge in [0.15, 0.2) is 0 Å². The standard InChI is InChI=1S/C21H28ClN5O/c1-27(2)19-11-12-23-21(26-19)25-18-9-5-16(6-10-18)14-24-20(28)13-15-3-7-17(22)8-4-15/h3-4,7-8,11-12,16,18H,5-6,9-10,13-14H2,1-2H3,(H,24,28)(H,23,25,26). The van der Waals surface area contributed by atoms with Gasteiger partial charge in [0, 0.05) is 37.9 Å². The summed E-state index contributed by atoms with van der Waals surface area (Å²) >= 11 is 5.88. The summed E-state index contributed by atoms with van der Waals surface area (Å²) in [6.45, 7) is 0.742. The van der Waals surface area contributed by atoms with Gasteiger partial charge < -0.3 is 15.5 Å². The molecule has 7 heteroatoms. The van der Waals surface area contributed by atoms with Gasteiger partial charge in [-0.1, -0.05) is 23.7 Å². The first kappa shape index (κ1) is 20.4. The molecule has 2 N–H and O–H groups in total. The van der Waals surface area contributed by atoms with Gasteiger partial charge in [-0.2, -0.15) is 4.98 Å². The van der Waals surface area contributed by atoms with E-state index in [1.807, 2.05) is 49.3 Å². The third-order valence-electron chi connectivity index (χ3n) is 5.14. The molecule has 0 aliphatic heterocycles. The predicted octanol–water partition coefficient (Wildman–Crippen LogP) is 3.53. The molecule has 1 aliphatic carbocycles. The normalized spacial score (nSPS) is 19.1. The molecule has 2 aromatic rings. The van der Waals surface area contributed by atoms with Crippen LogP contribution in [0.1, 0.15) is 31.2 Å². The zero-order valence-electron chi connectivity index (χ0n) is 16.5. The quantitative estimate of drug-likeness (QED) is 0.742. The molecule has 1 aromatic carbocycles. The van der Waals surface area contributed by atoms with Crippen molar-refractivity contribution in [3.05, 3.63) is 47.1 Å². The fraction of sp³-hybridized carbons (Fsp3) is 0.476. The number of halogens is 1. The second-order valence-electron chi connectivity index (χ2n) is 7.60. The molecule has 0 unspecified atom stereocenters. The van der Waals surface area contributed by atoms with Gasteiger partial charge in [-0.05, 0) is 55.4 Å². The lowest BCUT2D eigenvalue weighted by Gasteiger charge is -2.29. The van der Waals surface area contributed by atoms with Crippen molar-refractivity contribution in [3.8, 4) is 0 Å². The topological polar surface area (TPSA) is 70.2 Å². The first-order valence-corrected chi connectivity index (χ1v) is 10.2. The number of hydrogen-bond acceptors (Lipinski definition) is 5. The maximum absolute atomic E-state index is 12.2. The van der Waals surface area contributed by atoms with E-state index in [0.717, 1.165) is 43.6 Å². The van der Waals surface area contributed by atoms with E-state index in [9.17, 15) is 4.79 Å². The molecule has 1 saturated carbocycles. The highest BCUT2D eigenvalue weighted by molar-refractivity contribution is 6.30. The highest BCUT2D eigenvalue weighted by atomic mass is 35.5. The van der Waals surface area contributed by atoms with Crippen molar-refractivity contribution in [1.82, 2.24) is 15.3 Å². The molecule has 0 saturated heterocycles. The van der Waals surface area contributed by atoms with Gasteiger partial charge >= 0.3 is 0 Å². The minimum Gasteiger partial charge on any atom is -0.363 e. The maximum Gasteiger partial charge on any atom is 0.224 e. The van der Waals surface area contributed by atoms with E-state index in [1.54, 1.807) is 6.20 Å². The predicted molar refractivity (Wildman–Crippen MR) is 114 cm³/mol. The number of nitrogens with one attached hydrogen (secondary N) is 2. The van der Waals surface area contributed by atoms with Crippen LogP contribution in [0, 0.1) is 5.92 Å². The first-order chi connectivity index (χ1) is 13.5. The molecule has 1 amide bonds. The summed E-state index contributed by atoms with van der Waals surface area (Å²) in [6.07, 6.45) is 6.49. The third-order valence-corrected chi connectivity index (χ3v) is 5.40. The van der Waals surface area contributed by atoms with E-state index in [2.05, 4.69) is 20.6 Å². The van der Waals surface area contributed by atoms with Crippen molar-refractivity contribution >= 4 is 29.3 Å². The summed E-state index contributed by atoms with van der Waals surface area (Å²) < 4.78 is 0. The summed E-state index contributed by atoms with van der Waals surface area (Å²) in [4.78, 5) is 23.0. The summed E-state index contributed by atoms with van der Waals surface area (Å²) in [5, 5.41) is 7.22. The van der Waals surface area contributed by atoms with Crippen molar-refractivity contribution in [3.63, 3.8) is 0 Å². The van der Waals surface area contributed by atoms with E-state index in [-0.39, 0.29) is 5.91 Å². The Morgan fingerprint density at radius 1 is 1.14 bits per heavy atom. The Morgan fingerprint density at radius 2 is 1.86 bits per heavy atom. The minimum absolute atomic E-state index is 0.0662. The Balaban J connectivity index is 1.38. The Bertz CT molecular complexity index is 773. The number of anilines is 2. The number of benzene rings is 1. The second-order valence-corrected chi connectivity index (χ2v) is 8.04. The van der Waals surface area contributed by atoms with E-state index < -0.39 is 0 Å². The molecular formula is C21H28ClN5O. The average Bonchev–Trinajstić information content (AvgIpc) is 2.69. The van der Waals surface area contributed by atoms with E-state index >= 15 is 0 Å². The molecule has 3 rings (SSSR count). The molecule has 1 heterocycles. The lowest BCUT2D eigenvalue weighted by atomic mass is 9.86. The Labute approximate surface area is 171 Å². The van der Waals surface area contributed by atoms with Crippen LogP contribution >= 0.6 is 11.6 Å². The highest BCUT2D eigenvalue weighted by Gasteiger charge is 2.22. The van der Waals surface area contributed by atoms with Crippen molar-refractivity contribution < 1.29 is 4.79 Å². The fourth-order valence-corrected chi connectivity index (χ4v) is 3.60. The number of amides is 1. The summed E-state index contributed by atoms with van der Waals surface area (Å²) in [5.41, 5.74) is 0.981. The van der Waals surface area contributed by atoms with Crippen molar-refractivity contribution in [1.29, 1.82) is 0 Å². The summed E-state index contributed by atoms with van der Waals surface area (Å²) in [7, 11) is 3.94. The van der Waals surface area contributed by atoms with Gasteiger partial charge in [0.05, 0.1) is 6.42 Å². The largest absolute Gasteiger partial charge is 0.363 e. The minimum atomic E-state index is 0.0662. The van der Waals surface area contributed by atoms with Crippen LogP contribution in [0.4, 0.5) is 11.8 Å². The molecule has 150 valence electrons. The molecule has 28 heavy (non-hydrogen) atoms. The molecule has 0 atom stereocenters. The Hall–Kier alpha value is -2.34. The molecular weight excluding hydrogens is 374 g/mol. The Kier molecular flexibility index (Phi) is 7.09. The SMILES string of the molecule is CN(C)c1ccnc(NC2CCC(CNC(=O)Cc3ccc(Cl)cc3)CC2)n1. The monoisotopic (exact) mass is 401 g/mol. The number of rotatable bonds is 7. The third kappa shape index (κ3) is 6.09. The fourth-order valence-electron chi connectivity index (χ4n) is 3.47. The number of carbonyl (C=O) groups is 1. The maximum atomic E-state index is 12.2. The zero-order valence-corrected chi connectivity index (χ0v) is 17.2. The van der Waals surface area contributed by atoms with Gasteiger partial charge in [-0.25, -0.2) is 4.98 Å². The number of aromatic nitrogens is 2. The van der Waals surface area contributed by atoms with Crippen LogP contribution in [0.3, 0.4) is 0 Å². The Morgan fingerprint density at radius 3 is 2.54 bits per heavy atom. The lowest BCUT2D eigenvalue weighted by Crippen LogP contribution is -2.34. The number of hydrogen-bond donors (Lipinski definition) is 2. The molecule has 0 bridgehead atoms. The van der Waals surface area contributed by atoms with Crippen molar-refractivity contribution in [2.45, 2.75) is 38.1 Å². The summed E-state index contributed by atoms with van der Waals surface area (Å²) in [5.74, 6) is 2.18. The molecule has 0 radical (unpaired) electrons.